The van der Waals surface area contributed by atoms with E-state index in [0.29, 0.717) is 18.5 Å². The van der Waals surface area contributed by atoms with Crippen molar-refractivity contribution in [1.82, 2.24) is 20.4 Å². The first-order valence-corrected chi connectivity index (χ1v) is 7.34. The highest BCUT2D eigenvalue weighted by Crippen LogP contribution is 2.09. The lowest BCUT2D eigenvalue weighted by Gasteiger charge is -2.26. The fraction of sp³-hybridized carbons (Fsp3) is 0.769. The van der Waals surface area contributed by atoms with Crippen LogP contribution in [0.15, 0.2) is 4.42 Å². The Kier molecular flexibility index (Phi) is 5.79. The van der Waals surface area contributed by atoms with E-state index in [0.717, 1.165) is 38.9 Å². The first-order chi connectivity index (χ1) is 9.79. The monoisotopic (exact) mass is 281 g/mol. The predicted molar refractivity (Wildman–Crippen MR) is 75.2 cm³/mol. The maximum Gasteiger partial charge on any atom is 0.315 e. The molecule has 0 aliphatic carbocycles. The Morgan fingerprint density at radius 3 is 2.85 bits per heavy atom. The Hall–Kier alpha value is -1.63. The van der Waals surface area contributed by atoms with E-state index in [1.165, 1.54) is 6.42 Å². The number of likely N-dealkylation sites (tertiary alicyclic amines) is 1. The molecular weight excluding hydrogens is 258 g/mol. The zero-order valence-electron chi connectivity index (χ0n) is 12.0. The molecule has 7 nitrogen and oxygen atoms in total. The van der Waals surface area contributed by atoms with Gasteiger partial charge in [-0.1, -0.05) is 12.0 Å². The van der Waals surface area contributed by atoms with Crippen LogP contribution in [0.3, 0.4) is 0 Å². The molecule has 1 amide bonds. The fourth-order valence-electron chi connectivity index (χ4n) is 2.17. The smallest absolute Gasteiger partial charge is 0.315 e. The maximum atomic E-state index is 12.0. The van der Waals surface area contributed by atoms with Crippen molar-refractivity contribution in [2.45, 2.75) is 39.2 Å². The Labute approximate surface area is 119 Å². The van der Waals surface area contributed by atoms with E-state index < -0.39 is 0 Å². The minimum Gasteiger partial charge on any atom is -0.407 e. The van der Waals surface area contributed by atoms with Crippen LogP contribution < -0.4 is 10.6 Å². The van der Waals surface area contributed by atoms with Crippen molar-refractivity contribution < 1.29 is 9.21 Å². The van der Waals surface area contributed by atoms with Gasteiger partial charge in [-0.2, -0.15) is 0 Å². The van der Waals surface area contributed by atoms with Crippen LogP contribution in [0.25, 0.3) is 0 Å². The van der Waals surface area contributed by atoms with Crippen molar-refractivity contribution in [3.63, 3.8) is 0 Å². The zero-order chi connectivity index (χ0) is 14.2. The number of carbonyl (C=O) groups excluding carboxylic acids is 1. The highest BCUT2D eigenvalue weighted by Gasteiger charge is 2.16. The highest BCUT2D eigenvalue weighted by atomic mass is 16.4. The van der Waals surface area contributed by atoms with Crippen molar-refractivity contribution >= 4 is 11.9 Å². The number of carbonyl (C=O) groups is 1. The average Bonchev–Trinajstić information content (AvgIpc) is 2.94. The van der Waals surface area contributed by atoms with Gasteiger partial charge in [0.05, 0.1) is 13.1 Å². The molecule has 2 N–H and O–H groups in total. The van der Waals surface area contributed by atoms with Crippen LogP contribution in [0.4, 0.5) is 6.01 Å². The summed E-state index contributed by atoms with van der Waals surface area (Å²) in [6.07, 6.45) is 4.47. The molecule has 2 heterocycles. The molecule has 1 aromatic heterocycles. The van der Waals surface area contributed by atoms with Gasteiger partial charge in [-0.15, -0.1) is 5.10 Å². The Morgan fingerprint density at radius 2 is 2.10 bits per heavy atom. The largest absolute Gasteiger partial charge is 0.407 e. The summed E-state index contributed by atoms with van der Waals surface area (Å²) in [5.41, 5.74) is 0. The molecule has 0 spiro atoms. The molecule has 1 saturated heterocycles. The molecule has 0 saturated carbocycles. The third-order valence-electron chi connectivity index (χ3n) is 3.27. The maximum absolute atomic E-state index is 12.0. The molecule has 1 aliphatic heterocycles. The normalized spacial score (nSPS) is 15.3. The van der Waals surface area contributed by atoms with Gasteiger partial charge >= 0.3 is 6.01 Å². The van der Waals surface area contributed by atoms with Crippen molar-refractivity contribution in [3.8, 4) is 0 Å². The number of piperidine rings is 1. The van der Waals surface area contributed by atoms with Gasteiger partial charge in [0.15, 0.2) is 0 Å². The number of amides is 1. The van der Waals surface area contributed by atoms with E-state index in [1.807, 2.05) is 4.90 Å². The molecule has 0 aromatic carbocycles. The van der Waals surface area contributed by atoms with Gasteiger partial charge in [-0.25, -0.2) is 0 Å². The lowest BCUT2D eigenvalue weighted by molar-refractivity contribution is -0.130. The van der Waals surface area contributed by atoms with Crippen molar-refractivity contribution in [2.75, 3.05) is 31.5 Å². The summed E-state index contributed by atoms with van der Waals surface area (Å²) >= 11 is 0. The number of hydrogen-bond acceptors (Lipinski definition) is 6. The molecule has 20 heavy (non-hydrogen) atoms. The molecule has 2 rings (SSSR count). The van der Waals surface area contributed by atoms with Gasteiger partial charge in [0.2, 0.25) is 11.8 Å². The second-order valence-electron chi connectivity index (χ2n) is 4.97. The lowest BCUT2D eigenvalue weighted by atomic mass is 10.1. The Balaban J connectivity index is 1.71. The Bertz CT molecular complexity index is 415. The van der Waals surface area contributed by atoms with Crippen LogP contribution in [0.1, 0.15) is 38.5 Å². The van der Waals surface area contributed by atoms with E-state index >= 15 is 0 Å². The molecule has 0 atom stereocenters. The average molecular weight is 281 g/mol. The summed E-state index contributed by atoms with van der Waals surface area (Å²) in [6, 6.07) is 0.309. The summed E-state index contributed by atoms with van der Waals surface area (Å²) < 4.78 is 5.40. The molecule has 7 heteroatoms. The summed E-state index contributed by atoms with van der Waals surface area (Å²) in [4.78, 5) is 13.8. The van der Waals surface area contributed by atoms with Gasteiger partial charge in [-0.3, -0.25) is 4.79 Å². The number of nitrogens with one attached hydrogen (secondary N) is 2. The van der Waals surface area contributed by atoms with Crippen molar-refractivity contribution in [3.05, 3.63) is 5.89 Å². The number of aromatic nitrogens is 2. The topological polar surface area (TPSA) is 83.3 Å². The Morgan fingerprint density at radius 1 is 1.30 bits per heavy atom. The van der Waals surface area contributed by atoms with Crippen LogP contribution in [-0.4, -0.2) is 47.2 Å². The molecule has 1 fully saturated rings. The third kappa shape index (κ3) is 4.48. The first-order valence-electron chi connectivity index (χ1n) is 7.34. The summed E-state index contributed by atoms with van der Waals surface area (Å²) in [6.45, 7) is 5.50. The zero-order valence-corrected chi connectivity index (χ0v) is 12.0. The van der Waals surface area contributed by atoms with Crippen LogP contribution >= 0.6 is 0 Å². The minimum atomic E-state index is 0.0913. The van der Waals surface area contributed by atoms with Crippen molar-refractivity contribution in [1.29, 1.82) is 0 Å². The number of anilines is 1. The van der Waals surface area contributed by atoms with Crippen LogP contribution in [-0.2, 0) is 11.3 Å². The second kappa shape index (κ2) is 7.84. The second-order valence-corrected chi connectivity index (χ2v) is 4.97. The number of hydrogen-bond donors (Lipinski definition) is 2. The van der Waals surface area contributed by atoms with E-state index in [1.54, 1.807) is 0 Å². The number of nitrogens with zero attached hydrogens (tertiary/aromatic N) is 3. The fourth-order valence-corrected chi connectivity index (χ4v) is 2.17. The molecule has 0 radical (unpaired) electrons. The van der Waals surface area contributed by atoms with Crippen molar-refractivity contribution in [2.24, 2.45) is 0 Å². The summed E-state index contributed by atoms with van der Waals surface area (Å²) in [7, 11) is 0. The van der Waals surface area contributed by atoms with Gasteiger partial charge in [0.1, 0.15) is 0 Å². The molecular formula is C13H23N5O2. The lowest BCUT2D eigenvalue weighted by Crippen LogP contribution is -2.39. The first kappa shape index (κ1) is 14.8. The minimum absolute atomic E-state index is 0.0913. The predicted octanol–water partition coefficient (Wildman–Crippen LogP) is 0.994. The molecule has 1 aliphatic rings. The standard InChI is InChI=1S/C13H23N5O2/c1-2-6-14-9-11-16-17-13(20-11)15-10-12(19)18-7-4-3-5-8-18/h14H,2-10H2,1H3,(H,15,17). The quantitative estimate of drug-likeness (QED) is 0.725. The van der Waals surface area contributed by atoms with E-state index in [-0.39, 0.29) is 12.5 Å². The van der Waals surface area contributed by atoms with Crippen LogP contribution in [0.5, 0.6) is 0 Å². The van der Waals surface area contributed by atoms with E-state index in [4.69, 9.17) is 4.42 Å². The highest BCUT2D eigenvalue weighted by molar-refractivity contribution is 5.80. The molecule has 0 unspecified atom stereocenters. The summed E-state index contributed by atoms with van der Waals surface area (Å²) in [5.74, 6) is 0.625. The molecule has 0 bridgehead atoms. The van der Waals surface area contributed by atoms with E-state index in [9.17, 15) is 4.79 Å². The van der Waals surface area contributed by atoms with Gasteiger partial charge < -0.3 is 20.0 Å². The van der Waals surface area contributed by atoms with E-state index in [2.05, 4.69) is 27.8 Å². The van der Waals surface area contributed by atoms with Gasteiger partial charge in [-0.05, 0) is 32.2 Å². The van der Waals surface area contributed by atoms with Gasteiger partial charge in [0.25, 0.3) is 0 Å². The van der Waals surface area contributed by atoms with Crippen LogP contribution in [0.2, 0.25) is 0 Å². The van der Waals surface area contributed by atoms with Crippen LogP contribution in [0, 0.1) is 0 Å². The number of rotatable bonds is 7. The SMILES string of the molecule is CCCNCc1nnc(NCC(=O)N2CCCCC2)o1. The molecule has 112 valence electrons. The van der Waals surface area contributed by atoms with Gasteiger partial charge in [0, 0.05) is 13.1 Å². The molecule has 1 aromatic rings. The third-order valence-corrected chi connectivity index (χ3v) is 3.27. The summed E-state index contributed by atoms with van der Waals surface area (Å²) in [5, 5.41) is 13.9.